The minimum atomic E-state index is -0.389. The molecule has 0 atom stereocenters. The zero-order valence-electron chi connectivity index (χ0n) is 14.4. The second-order valence-electron chi connectivity index (χ2n) is 5.97. The van der Waals surface area contributed by atoms with Gasteiger partial charge in [-0.25, -0.2) is 9.78 Å². The van der Waals surface area contributed by atoms with Gasteiger partial charge >= 0.3 is 5.97 Å². The number of hydrogen-bond donors (Lipinski definition) is 2. The molecule has 136 valence electrons. The largest absolute Gasteiger partial charge is 0.462 e. The molecule has 0 aliphatic carbocycles. The third-order valence-electron chi connectivity index (χ3n) is 4.11. The Kier molecular flexibility index (Phi) is 4.33. The molecule has 0 spiro atoms. The lowest BCUT2D eigenvalue weighted by molar-refractivity contribution is -0.115. The summed E-state index contributed by atoms with van der Waals surface area (Å²) in [6, 6.07) is 10.2. The molecule has 2 amide bonds. The lowest BCUT2D eigenvalue weighted by Crippen LogP contribution is -2.11. The molecule has 1 aliphatic rings. The van der Waals surface area contributed by atoms with Gasteiger partial charge in [-0.15, -0.1) is 0 Å². The SMILES string of the molecule is CCOC(=O)c1ccc2nc(NC(=O)c3ccc4c(c3)CC(=O)N4)sc2c1. The molecule has 2 heterocycles. The zero-order valence-corrected chi connectivity index (χ0v) is 15.2. The van der Waals surface area contributed by atoms with E-state index in [1.54, 1.807) is 43.3 Å². The van der Waals surface area contributed by atoms with Crippen molar-refractivity contribution in [1.82, 2.24) is 4.98 Å². The summed E-state index contributed by atoms with van der Waals surface area (Å²) < 4.78 is 5.77. The van der Waals surface area contributed by atoms with Crippen molar-refractivity contribution < 1.29 is 19.1 Å². The van der Waals surface area contributed by atoms with Crippen LogP contribution in [0.5, 0.6) is 0 Å². The molecule has 7 nitrogen and oxygen atoms in total. The first-order valence-electron chi connectivity index (χ1n) is 8.35. The van der Waals surface area contributed by atoms with E-state index in [9.17, 15) is 14.4 Å². The number of thiazole rings is 1. The van der Waals surface area contributed by atoms with Crippen molar-refractivity contribution in [2.24, 2.45) is 0 Å². The van der Waals surface area contributed by atoms with Crippen LogP contribution in [-0.2, 0) is 16.0 Å². The molecular formula is C19H15N3O4S. The molecule has 0 saturated heterocycles. The number of carbonyl (C=O) groups excluding carboxylic acids is 3. The van der Waals surface area contributed by atoms with Gasteiger partial charge in [0.15, 0.2) is 5.13 Å². The number of amides is 2. The number of carbonyl (C=O) groups is 3. The molecule has 4 rings (SSSR count). The molecule has 0 saturated carbocycles. The van der Waals surface area contributed by atoms with Crippen LogP contribution in [0, 0.1) is 0 Å². The van der Waals surface area contributed by atoms with Crippen LogP contribution in [0.3, 0.4) is 0 Å². The van der Waals surface area contributed by atoms with Gasteiger partial charge in [-0.3, -0.25) is 14.9 Å². The number of esters is 1. The first-order chi connectivity index (χ1) is 13.0. The summed E-state index contributed by atoms with van der Waals surface area (Å²) in [5.41, 5.74) is 3.13. The van der Waals surface area contributed by atoms with Gasteiger partial charge in [-0.05, 0) is 48.9 Å². The molecular weight excluding hydrogens is 366 g/mol. The number of anilines is 2. The first-order valence-corrected chi connectivity index (χ1v) is 9.17. The van der Waals surface area contributed by atoms with E-state index in [1.165, 1.54) is 11.3 Å². The predicted molar refractivity (Wildman–Crippen MR) is 102 cm³/mol. The van der Waals surface area contributed by atoms with Crippen LogP contribution < -0.4 is 10.6 Å². The van der Waals surface area contributed by atoms with Crippen LogP contribution in [0.25, 0.3) is 10.2 Å². The Morgan fingerprint density at radius 2 is 2.04 bits per heavy atom. The summed E-state index contributed by atoms with van der Waals surface area (Å²) in [5.74, 6) is -0.771. The van der Waals surface area contributed by atoms with E-state index in [4.69, 9.17) is 4.74 Å². The summed E-state index contributed by atoms with van der Waals surface area (Å²) in [5, 5.41) is 5.94. The topological polar surface area (TPSA) is 97.4 Å². The zero-order chi connectivity index (χ0) is 19.0. The quantitative estimate of drug-likeness (QED) is 0.676. The van der Waals surface area contributed by atoms with Crippen molar-refractivity contribution in [3.8, 4) is 0 Å². The monoisotopic (exact) mass is 381 g/mol. The van der Waals surface area contributed by atoms with E-state index < -0.39 is 0 Å². The third kappa shape index (κ3) is 3.39. The van der Waals surface area contributed by atoms with Crippen LogP contribution in [0.15, 0.2) is 36.4 Å². The maximum Gasteiger partial charge on any atom is 0.338 e. The third-order valence-corrected chi connectivity index (χ3v) is 5.05. The van der Waals surface area contributed by atoms with E-state index in [0.29, 0.717) is 28.4 Å². The highest BCUT2D eigenvalue weighted by Crippen LogP contribution is 2.28. The first kappa shape index (κ1) is 17.2. The second kappa shape index (κ2) is 6.81. The number of hydrogen-bond acceptors (Lipinski definition) is 6. The van der Waals surface area contributed by atoms with Gasteiger partial charge in [0.05, 0.1) is 28.8 Å². The Balaban J connectivity index is 1.55. The highest BCUT2D eigenvalue weighted by Gasteiger charge is 2.19. The van der Waals surface area contributed by atoms with Gasteiger partial charge in [0.25, 0.3) is 5.91 Å². The molecule has 2 N–H and O–H groups in total. The van der Waals surface area contributed by atoms with Crippen LogP contribution in [-0.4, -0.2) is 29.4 Å². The lowest BCUT2D eigenvalue weighted by Gasteiger charge is -2.04. The molecule has 1 aromatic heterocycles. The van der Waals surface area contributed by atoms with E-state index in [0.717, 1.165) is 16.0 Å². The molecule has 27 heavy (non-hydrogen) atoms. The number of ether oxygens (including phenoxy) is 1. The number of fused-ring (bicyclic) bond motifs is 2. The van der Waals surface area contributed by atoms with Crippen LogP contribution >= 0.6 is 11.3 Å². The Morgan fingerprint density at radius 3 is 2.85 bits per heavy atom. The minimum absolute atomic E-state index is 0.0777. The summed E-state index contributed by atoms with van der Waals surface area (Å²) in [4.78, 5) is 40.2. The molecule has 8 heteroatoms. The maximum absolute atomic E-state index is 12.5. The van der Waals surface area contributed by atoms with E-state index in [2.05, 4.69) is 15.6 Å². The number of benzene rings is 2. The molecule has 0 bridgehead atoms. The summed E-state index contributed by atoms with van der Waals surface area (Å²) in [7, 11) is 0. The summed E-state index contributed by atoms with van der Waals surface area (Å²) in [6.45, 7) is 2.06. The van der Waals surface area contributed by atoms with E-state index >= 15 is 0 Å². The Hall–Kier alpha value is -3.26. The van der Waals surface area contributed by atoms with Crippen molar-refractivity contribution in [3.05, 3.63) is 53.1 Å². The summed E-state index contributed by atoms with van der Waals surface area (Å²) in [6.07, 6.45) is 0.272. The smallest absolute Gasteiger partial charge is 0.338 e. The van der Waals surface area contributed by atoms with Crippen LogP contribution in [0.2, 0.25) is 0 Å². The average Bonchev–Trinajstić information content (AvgIpc) is 3.21. The number of nitrogens with zero attached hydrogens (tertiary/aromatic N) is 1. The van der Waals surface area contributed by atoms with Gasteiger partial charge in [-0.1, -0.05) is 11.3 Å². The van der Waals surface area contributed by atoms with E-state index in [-0.39, 0.29) is 24.2 Å². The molecule has 0 unspecified atom stereocenters. The maximum atomic E-state index is 12.5. The Morgan fingerprint density at radius 1 is 1.22 bits per heavy atom. The summed E-state index contributed by atoms with van der Waals surface area (Å²) >= 11 is 1.28. The van der Waals surface area contributed by atoms with Gasteiger partial charge in [-0.2, -0.15) is 0 Å². The highest BCUT2D eigenvalue weighted by atomic mass is 32.1. The van der Waals surface area contributed by atoms with Gasteiger partial charge in [0, 0.05) is 11.3 Å². The molecule has 2 aromatic carbocycles. The highest BCUT2D eigenvalue weighted by molar-refractivity contribution is 7.22. The number of aromatic nitrogens is 1. The minimum Gasteiger partial charge on any atom is -0.462 e. The number of nitrogens with one attached hydrogen (secondary N) is 2. The van der Waals surface area contributed by atoms with Gasteiger partial charge in [0.2, 0.25) is 5.91 Å². The van der Waals surface area contributed by atoms with Crippen molar-refractivity contribution in [1.29, 1.82) is 0 Å². The average molecular weight is 381 g/mol. The Bertz CT molecular complexity index is 1090. The fraction of sp³-hybridized carbons (Fsp3) is 0.158. The number of rotatable bonds is 4. The fourth-order valence-corrected chi connectivity index (χ4v) is 3.76. The second-order valence-corrected chi connectivity index (χ2v) is 7.00. The molecule has 0 fully saturated rings. The molecule has 1 aliphatic heterocycles. The fourth-order valence-electron chi connectivity index (χ4n) is 2.86. The molecule has 0 radical (unpaired) electrons. The van der Waals surface area contributed by atoms with Crippen molar-refractivity contribution >= 4 is 50.2 Å². The van der Waals surface area contributed by atoms with Gasteiger partial charge in [0.1, 0.15) is 0 Å². The predicted octanol–water partition coefficient (Wildman–Crippen LogP) is 3.22. The standard InChI is InChI=1S/C19H15N3O4S/c1-2-26-18(25)11-4-6-14-15(8-11)27-19(21-14)22-17(24)10-3-5-13-12(7-10)9-16(23)20-13/h3-8H,2,9H2,1H3,(H,20,23)(H,21,22,24). The van der Waals surface area contributed by atoms with Crippen LogP contribution in [0.4, 0.5) is 10.8 Å². The van der Waals surface area contributed by atoms with Gasteiger partial charge < -0.3 is 10.1 Å². The van der Waals surface area contributed by atoms with Crippen molar-refractivity contribution in [2.75, 3.05) is 17.2 Å². The lowest BCUT2D eigenvalue weighted by atomic mass is 10.1. The van der Waals surface area contributed by atoms with E-state index in [1.807, 2.05) is 0 Å². The molecule has 3 aromatic rings. The van der Waals surface area contributed by atoms with Crippen LogP contribution in [0.1, 0.15) is 33.2 Å². The Labute approximate surface area is 158 Å². The normalized spacial score (nSPS) is 12.6. The van der Waals surface area contributed by atoms with Crippen molar-refractivity contribution in [2.45, 2.75) is 13.3 Å². The van der Waals surface area contributed by atoms with Crippen molar-refractivity contribution in [3.63, 3.8) is 0 Å².